The molecule has 1 heterocycles. The molecule has 3 aromatic rings. The summed E-state index contributed by atoms with van der Waals surface area (Å²) in [6, 6.07) is 18.5. The summed E-state index contributed by atoms with van der Waals surface area (Å²) in [5.74, 6) is 0. The molecule has 0 N–H and O–H groups in total. The molecule has 0 unspecified atom stereocenters. The Bertz CT molecular complexity index is 727. The van der Waals surface area contributed by atoms with E-state index in [1.54, 1.807) is 11.3 Å². The molecule has 3 rings (SSSR count). The molecule has 0 fully saturated rings. The number of benzene rings is 2. The van der Waals surface area contributed by atoms with Crippen LogP contribution in [0.4, 0.5) is 0 Å². The molecule has 0 saturated carbocycles. The molecule has 0 saturated heterocycles. The standard InChI is InChI=1S/C17H14NS.C2H.V/c1-12-8-10-14(11-9-12)16-13(2)19-17(18-16)15-6-4-3-5-7-15;1-2;/h3-11H,1H2,2H3;1H;/q2*-1;+2. The van der Waals surface area contributed by atoms with Gasteiger partial charge in [0.15, 0.2) is 0 Å². The van der Waals surface area contributed by atoms with Gasteiger partial charge in [0.2, 0.25) is 0 Å². The second-order valence-corrected chi connectivity index (χ2v) is 5.69. The fourth-order valence-electron chi connectivity index (χ4n) is 2.03. The van der Waals surface area contributed by atoms with Gasteiger partial charge in [-0.3, -0.25) is 0 Å². The molecular formula is C19H15NSV. The van der Waals surface area contributed by atoms with E-state index in [9.17, 15) is 0 Å². The number of aryl methyl sites for hydroxylation is 1. The van der Waals surface area contributed by atoms with E-state index in [0.29, 0.717) is 0 Å². The molecule has 1 nitrogen and oxygen atoms in total. The molecule has 0 spiro atoms. The van der Waals surface area contributed by atoms with Gasteiger partial charge in [-0.1, -0.05) is 30.3 Å². The summed E-state index contributed by atoms with van der Waals surface area (Å²) in [4.78, 5) is 6.02. The molecule has 1 aromatic heterocycles. The predicted molar refractivity (Wildman–Crippen MR) is 90.4 cm³/mol. The van der Waals surface area contributed by atoms with E-state index in [0.717, 1.165) is 21.8 Å². The van der Waals surface area contributed by atoms with Crippen LogP contribution in [0, 0.1) is 26.7 Å². The molecule has 0 aliphatic heterocycles. The van der Waals surface area contributed by atoms with E-state index in [2.05, 4.69) is 44.5 Å². The van der Waals surface area contributed by atoms with E-state index < -0.39 is 0 Å². The van der Waals surface area contributed by atoms with Crippen LogP contribution in [-0.2, 0) is 18.6 Å². The van der Waals surface area contributed by atoms with Gasteiger partial charge in [0.05, 0.1) is 5.69 Å². The van der Waals surface area contributed by atoms with E-state index in [4.69, 9.17) is 11.4 Å². The molecule has 1 radical (unpaired) electrons. The fraction of sp³-hybridized carbons (Fsp3) is 0.0526. The summed E-state index contributed by atoms with van der Waals surface area (Å²) in [6.45, 7) is 6.04. The molecule has 22 heavy (non-hydrogen) atoms. The quantitative estimate of drug-likeness (QED) is 0.463. The van der Waals surface area contributed by atoms with Crippen molar-refractivity contribution in [2.24, 2.45) is 0 Å². The van der Waals surface area contributed by atoms with Crippen molar-refractivity contribution in [3.63, 3.8) is 0 Å². The minimum absolute atomic E-state index is 0. The van der Waals surface area contributed by atoms with Gasteiger partial charge in [0.25, 0.3) is 0 Å². The predicted octanol–water partition coefficient (Wildman–Crippen LogP) is 5.17. The van der Waals surface area contributed by atoms with Crippen molar-refractivity contribution in [3.05, 3.63) is 78.4 Å². The van der Waals surface area contributed by atoms with Gasteiger partial charge in [0, 0.05) is 10.4 Å². The zero-order chi connectivity index (χ0) is 15.2. The third-order valence-electron chi connectivity index (χ3n) is 3.04. The van der Waals surface area contributed by atoms with Crippen LogP contribution in [0.25, 0.3) is 21.8 Å². The van der Waals surface area contributed by atoms with Gasteiger partial charge < -0.3 is 12.8 Å². The van der Waals surface area contributed by atoms with Gasteiger partial charge in [-0.25, -0.2) is 4.98 Å². The Labute approximate surface area is 148 Å². The molecule has 0 aliphatic carbocycles. The molecule has 3 heteroatoms. The minimum Gasteiger partial charge on any atom is -0.697 e. The van der Waals surface area contributed by atoms with Crippen molar-refractivity contribution in [2.75, 3.05) is 0 Å². The third-order valence-corrected chi connectivity index (χ3v) is 4.06. The first-order valence-corrected chi connectivity index (χ1v) is 7.30. The van der Waals surface area contributed by atoms with Crippen LogP contribution in [0.15, 0.2) is 54.6 Å². The zero-order valence-electron chi connectivity index (χ0n) is 12.3. The molecule has 107 valence electrons. The number of hydrogen-bond donors (Lipinski definition) is 0. The first-order valence-electron chi connectivity index (χ1n) is 6.48. The molecule has 2 aromatic carbocycles. The third kappa shape index (κ3) is 4.05. The summed E-state index contributed by atoms with van der Waals surface area (Å²) in [6.07, 6.45) is 9.00. The average Bonchev–Trinajstić information content (AvgIpc) is 2.93. The fourth-order valence-corrected chi connectivity index (χ4v) is 2.97. The van der Waals surface area contributed by atoms with Crippen LogP contribution in [0.5, 0.6) is 0 Å². The van der Waals surface area contributed by atoms with Gasteiger partial charge >= 0.3 is 18.6 Å². The Morgan fingerprint density at radius 2 is 1.55 bits per heavy atom. The number of terminal acetylenes is 1. The Balaban J connectivity index is 0.000000775. The van der Waals surface area contributed by atoms with E-state index in [-0.39, 0.29) is 18.6 Å². The van der Waals surface area contributed by atoms with E-state index in [1.165, 1.54) is 10.4 Å². The van der Waals surface area contributed by atoms with E-state index >= 15 is 0 Å². The van der Waals surface area contributed by atoms with Crippen molar-refractivity contribution in [3.8, 4) is 28.3 Å². The summed E-state index contributed by atoms with van der Waals surface area (Å²) in [5.41, 5.74) is 4.43. The first-order chi connectivity index (χ1) is 10.2. The van der Waals surface area contributed by atoms with Crippen molar-refractivity contribution >= 4 is 11.3 Å². The van der Waals surface area contributed by atoms with E-state index in [1.807, 2.05) is 30.3 Å². The van der Waals surface area contributed by atoms with Crippen molar-refractivity contribution in [1.82, 2.24) is 4.98 Å². The SMILES string of the molecule is [C-]#C.[CH2-]c1ccc(-c2nc(-c3ccccc3)sc2C)cc1.[V+2]. The normalized spacial score (nSPS) is 9.23. The molecule has 0 atom stereocenters. The van der Waals surface area contributed by atoms with Crippen LogP contribution in [0.2, 0.25) is 0 Å². The van der Waals surface area contributed by atoms with Crippen LogP contribution < -0.4 is 0 Å². The Morgan fingerprint density at radius 3 is 2.14 bits per heavy atom. The van der Waals surface area contributed by atoms with Gasteiger partial charge in [-0.05, 0) is 12.5 Å². The minimum atomic E-state index is 0. The largest absolute Gasteiger partial charge is 2.00 e. The van der Waals surface area contributed by atoms with Gasteiger partial charge in [-0.2, -0.15) is 24.6 Å². The van der Waals surface area contributed by atoms with Gasteiger partial charge in [-0.15, -0.1) is 23.5 Å². The average molecular weight is 340 g/mol. The van der Waals surface area contributed by atoms with Crippen LogP contribution in [0.3, 0.4) is 0 Å². The number of nitrogens with zero attached hydrogens (tertiary/aromatic N) is 1. The Morgan fingerprint density at radius 1 is 0.955 bits per heavy atom. The smallest absolute Gasteiger partial charge is 0.697 e. The second-order valence-electron chi connectivity index (χ2n) is 4.49. The molecular weight excluding hydrogens is 325 g/mol. The topological polar surface area (TPSA) is 12.9 Å². The maximum atomic E-state index is 5.25. The van der Waals surface area contributed by atoms with Crippen LogP contribution in [-0.4, -0.2) is 4.98 Å². The molecule has 0 aliphatic rings. The summed E-state index contributed by atoms with van der Waals surface area (Å²) in [7, 11) is 0. The van der Waals surface area contributed by atoms with Crippen LogP contribution in [0.1, 0.15) is 10.4 Å². The summed E-state index contributed by atoms with van der Waals surface area (Å²) >= 11 is 1.74. The van der Waals surface area contributed by atoms with Crippen molar-refractivity contribution < 1.29 is 18.6 Å². The monoisotopic (exact) mass is 340 g/mol. The number of hydrogen-bond acceptors (Lipinski definition) is 2. The summed E-state index contributed by atoms with van der Waals surface area (Å²) in [5, 5.41) is 1.08. The number of aromatic nitrogens is 1. The zero-order valence-corrected chi connectivity index (χ0v) is 14.5. The van der Waals surface area contributed by atoms with Crippen LogP contribution >= 0.6 is 11.3 Å². The second kappa shape index (κ2) is 8.51. The van der Waals surface area contributed by atoms with Crippen molar-refractivity contribution in [2.45, 2.75) is 6.92 Å². The number of thiazole rings is 1. The Hall–Kier alpha value is -1.92. The first kappa shape index (κ1) is 18.1. The maximum absolute atomic E-state index is 5.25. The Kier molecular flexibility index (Phi) is 7.01. The molecule has 0 amide bonds. The molecule has 0 bridgehead atoms. The van der Waals surface area contributed by atoms with Gasteiger partial charge in [0.1, 0.15) is 5.01 Å². The summed E-state index contributed by atoms with van der Waals surface area (Å²) < 4.78 is 0. The van der Waals surface area contributed by atoms with Crippen molar-refractivity contribution in [1.29, 1.82) is 0 Å². The number of rotatable bonds is 2. The maximum Gasteiger partial charge on any atom is 2.00 e.